The molecule has 0 radical (unpaired) electrons. The van der Waals surface area contributed by atoms with Crippen molar-refractivity contribution >= 4 is 17.5 Å². The van der Waals surface area contributed by atoms with E-state index in [4.69, 9.17) is 4.74 Å². The van der Waals surface area contributed by atoms with Crippen LogP contribution in [0.3, 0.4) is 0 Å². The third-order valence-corrected chi connectivity index (χ3v) is 5.03. The summed E-state index contributed by atoms with van der Waals surface area (Å²) in [7, 11) is 1.63. The van der Waals surface area contributed by atoms with E-state index in [9.17, 15) is 4.79 Å². The fourth-order valence-electron chi connectivity index (χ4n) is 3.55. The molecule has 4 rings (SSSR count). The molecule has 0 bridgehead atoms. The van der Waals surface area contributed by atoms with Crippen LogP contribution < -0.4 is 15.4 Å². The number of methoxy groups -OCH3 is 1. The largest absolute Gasteiger partial charge is 0.497 e. The number of fused-ring (bicyclic) bond motifs is 1. The Hall–Kier alpha value is -3.61. The molecule has 0 spiro atoms. The van der Waals surface area contributed by atoms with Crippen molar-refractivity contribution in [3.8, 4) is 5.75 Å². The number of carbonyl (C=O) groups is 1. The van der Waals surface area contributed by atoms with Gasteiger partial charge in [-0.25, -0.2) is 4.68 Å². The van der Waals surface area contributed by atoms with E-state index < -0.39 is 6.04 Å². The zero-order chi connectivity index (χ0) is 20.5. The van der Waals surface area contributed by atoms with E-state index >= 15 is 0 Å². The van der Waals surface area contributed by atoms with Gasteiger partial charge in [0.25, 0.3) is 5.91 Å². The van der Waals surface area contributed by atoms with Gasteiger partial charge < -0.3 is 15.4 Å². The van der Waals surface area contributed by atoms with E-state index in [2.05, 4.69) is 20.7 Å². The van der Waals surface area contributed by atoms with Crippen molar-refractivity contribution in [3.05, 3.63) is 76.8 Å². The first-order valence-electron chi connectivity index (χ1n) is 9.40. The van der Waals surface area contributed by atoms with Gasteiger partial charge in [0.05, 0.1) is 12.7 Å². The van der Waals surface area contributed by atoms with E-state index in [0.717, 1.165) is 28.3 Å². The van der Waals surface area contributed by atoms with Crippen LogP contribution in [-0.4, -0.2) is 27.8 Å². The van der Waals surface area contributed by atoms with Gasteiger partial charge in [-0.2, -0.15) is 10.1 Å². The van der Waals surface area contributed by atoms with Gasteiger partial charge in [0.1, 0.15) is 17.6 Å². The van der Waals surface area contributed by atoms with Crippen LogP contribution in [0.25, 0.3) is 0 Å². The predicted molar refractivity (Wildman–Crippen MR) is 112 cm³/mol. The molecule has 7 nitrogen and oxygen atoms in total. The van der Waals surface area contributed by atoms with Crippen LogP contribution in [0.4, 0.5) is 11.6 Å². The number of anilines is 2. The third-order valence-electron chi connectivity index (χ3n) is 5.03. The minimum absolute atomic E-state index is 0.177. The molecule has 3 aromatic rings. The fourth-order valence-corrected chi connectivity index (χ4v) is 3.55. The molecule has 0 aliphatic carbocycles. The van der Waals surface area contributed by atoms with E-state index in [-0.39, 0.29) is 5.91 Å². The second kappa shape index (κ2) is 7.43. The van der Waals surface area contributed by atoms with E-state index in [1.807, 2.05) is 69.3 Å². The Morgan fingerprint density at radius 3 is 2.52 bits per heavy atom. The summed E-state index contributed by atoms with van der Waals surface area (Å²) in [5, 5.41) is 10.8. The van der Waals surface area contributed by atoms with Crippen molar-refractivity contribution in [2.45, 2.75) is 26.8 Å². The molecule has 29 heavy (non-hydrogen) atoms. The van der Waals surface area contributed by atoms with Crippen molar-refractivity contribution in [2.24, 2.45) is 0 Å². The normalized spacial score (nSPS) is 15.5. The topological polar surface area (TPSA) is 81.1 Å². The third kappa shape index (κ3) is 3.47. The van der Waals surface area contributed by atoms with Gasteiger partial charge in [0.15, 0.2) is 0 Å². The Bertz CT molecular complexity index is 1100. The maximum absolute atomic E-state index is 13.4. The van der Waals surface area contributed by atoms with Crippen molar-refractivity contribution in [1.29, 1.82) is 0 Å². The Labute approximate surface area is 169 Å². The van der Waals surface area contributed by atoms with Gasteiger partial charge in [-0.15, -0.1) is 0 Å². The minimum Gasteiger partial charge on any atom is -0.497 e. The molecule has 7 heteroatoms. The first kappa shape index (κ1) is 18.7. The van der Waals surface area contributed by atoms with Crippen LogP contribution in [0.15, 0.2) is 59.8 Å². The van der Waals surface area contributed by atoms with Gasteiger partial charge >= 0.3 is 0 Å². The Morgan fingerprint density at radius 1 is 1.10 bits per heavy atom. The number of aryl methyl sites for hydroxylation is 2. The molecule has 0 saturated carbocycles. The number of benzene rings is 2. The number of hydrogen-bond acceptors (Lipinski definition) is 5. The molecule has 148 valence electrons. The van der Waals surface area contributed by atoms with Crippen LogP contribution in [0, 0.1) is 13.8 Å². The smallest absolute Gasteiger partial charge is 0.255 e. The van der Waals surface area contributed by atoms with Crippen LogP contribution in [-0.2, 0) is 4.79 Å². The molecule has 2 aromatic carbocycles. The average Bonchev–Trinajstić information content (AvgIpc) is 3.08. The summed E-state index contributed by atoms with van der Waals surface area (Å²) < 4.78 is 7.04. The summed E-state index contributed by atoms with van der Waals surface area (Å²) >= 11 is 0. The fraction of sp³-hybridized carbons (Fsp3) is 0.227. The lowest BCUT2D eigenvalue weighted by Gasteiger charge is -2.29. The van der Waals surface area contributed by atoms with Crippen LogP contribution in [0.1, 0.15) is 29.9 Å². The number of aromatic nitrogens is 3. The molecule has 1 atom stereocenters. The van der Waals surface area contributed by atoms with Gasteiger partial charge in [0, 0.05) is 11.4 Å². The second-order valence-electron chi connectivity index (χ2n) is 7.04. The number of allylic oxidation sites excluding steroid dienone is 1. The summed E-state index contributed by atoms with van der Waals surface area (Å²) in [6.45, 7) is 5.69. The van der Waals surface area contributed by atoms with Crippen LogP contribution in [0.5, 0.6) is 5.75 Å². The van der Waals surface area contributed by atoms with Gasteiger partial charge in [-0.05, 0) is 50.1 Å². The van der Waals surface area contributed by atoms with E-state index in [0.29, 0.717) is 17.3 Å². The van der Waals surface area contributed by atoms with Crippen molar-refractivity contribution in [1.82, 2.24) is 14.8 Å². The number of ether oxygens (including phenoxy) is 1. The molecule has 1 aliphatic rings. The number of para-hydroxylation sites is 1. The quantitative estimate of drug-likeness (QED) is 0.709. The predicted octanol–water partition coefficient (Wildman–Crippen LogP) is 3.83. The molecule has 0 unspecified atom stereocenters. The number of nitrogens with one attached hydrogen (secondary N) is 2. The van der Waals surface area contributed by atoms with Crippen molar-refractivity contribution in [3.63, 3.8) is 0 Å². The summed E-state index contributed by atoms with van der Waals surface area (Å²) in [6, 6.07) is 15.0. The highest BCUT2D eigenvalue weighted by atomic mass is 16.5. The van der Waals surface area contributed by atoms with E-state index in [1.54, 1.807) is 11.8 Å². The maximum atomic E-state index is 13.4. The highest BCUT2D eigenvalue weighted by molar-refractivity contribution is 6.06. The van der Waals surface area contributed by atoms with Gasteiger partial charge in [-0.1, -0.05) is 30.3 Å². The first-order valence-corrected chi connectivity index (χ1v) is 9.40. The second-order valence-corrected chi connectivity index (χ2v) is 7.04. The summed E-state index contributed by atoms with van der Waals surface area (Å²) in [6.07, 6.45) is 0. The molecule has 1 amide bonds. The number of carbonyl (C=O) groups excluding carboxylic acids is 1. The standard InChI is InChI=1S/C22H23N5O2/c1-13-7-5-6-8-18(13)25-21(28)19-14(2)23-22-24-15(3)26-27(22)20(19)16-9-11-17(29-4)12-10-16/h5-12,20H,1-4H3,(H,25,28)(H,23,24,26)/t20-/m0/s1. The van der Waals surface area contributed by atoms with Crippen LogP contribution >= 0.6 is 0 Å². The summed E-state index contributed by atoms with van der Waals surface area (Å²) in [4.78, 5) is 17.8. The first-order chi connectivity index (χ1) is 14.0. The highest BCUT2D eigenvalue weighted by Crippen LogP contribution is 2.36. The van der Waals surface area contributed by atoms with Gasteiger partial charge in [-0.3, -0.25) is 4.79 Å². The molecular weight excluding hydrogens is 366 g/mol. The number of nitrogens with zero attached hydrogens (tertiary/aromatic N) is 3. The van der Waals surface area contributed by atoms with Crippen LogP contribution in [0.2, 0.25) is 0 Å². The minimum atomic E-state index is -0.401. The zero-order valence-corrected chi connectivity index (χ0v) is 16.9. The molecule has 2 N–H and O–H groups in total. The molecule has 0 fully saturated rings. The van der Waals surface area contributed by atoms with Crippen molar-refractivity contribution in [2.75, 3.05) is 17.7 Å². The Kier molecular flexibility index (Phi) is 4.80. The monoisotopic (exact) mass is 389 g/mol. The molecule has 1 aromatic heterocycles. The number of hydrogen-bond donors (Lipinski definition) is 2. The number of rotatable bonds is 4. The lowest BCUT2D eigenvalue weighted by Crippen LogP contribution is -2.31. The zero-order valence-electron chi connectivity index (χ0n) is 16.9. The van der Waals surface area contributed by atoms with E-state index in [1.165, 1.54) is 0 Å². The Morgan fingerprint density at radius 2 is 1.83 bits per heavy atom. The molecular formula is C22H23N5O2. The molecule has 0 saturated heterocycles. The average molecular weight is 389 g/mol. The SMILES string of the molecule is COc1ccc([C@H]2C(C(=O)Nc3ccccc3C)=C(C)Nc3nc(C)nn32)cc1. The molecule has 2 heterocycles. The van der Waals surface area contributed by atoms with Gasteiger partial charge in [0.2, 0.25) is 5.95 Å². The maximum Gasteiger partial charge on any atom is 0.255 e. The lowest BCUT2D eigenvalue weighted by atomic mass is 9.95. The highest BCUT2D eigenvalue weighted by Gasteiger charge is 2.34. The Balaban J connectivity index is 1.78. The summed E-state index contributed by atoms with van der Waals surface area (Å²) in [5.74, 6) is 1.83. The lowest BCUT2D eigenvalue weighted by molar-refractivity contribution is -0.113. The number of amides is 1. The van der Waals surface area contributed by atoms with Crippen molar-refractivity contribution < 1.29 is 9.53 Å². The molecule has 1 aliphatic heterocycles. The summed E-state index contributed by atoms with van der Waals surface area (Å²) in [5.41, 5.74) is 4.05.